The van der Waals surface area contributed by atoms with E-state index >= 15 is 0 Å². The van der Waals surface area contributed by atoms with E-state index in [1.807, 2.05) is 6.92 Å². The SMILES string of the molecule is CCCCCCCC=C(C)C1CC(=O)OC1=O. The number of hydrogen-bond donors (Lipinski definition) is 0. The number of esters is 2. The van der Waals surface area contributed by atoms with E-state index in [1.54, 1.807) is 0 Å². The molecule has 0 aliphatic carbocycles. The van der Waals surface area contributed by atoms with E-state index in [1.165, 1.54) is 25.7 Å². The van der Waals surface area contributed by atoms with E-state index in [9.17, 15) is 9.59 Å². The molecule has 17 heavy (non-hydrogen) atoms. The van der Waals surface area contributed by atoms with Gasteiger partial charge in [0.1, 0.15) is 0 Å². The fraction of sp³-hybridized carbons (Fsp3) is 0.714. The van der Waals surface area contributed by atoms with Crippen LogP contribution in [0.25, 0.3) is 0 Å². The molecule has 3 nitrogen and oxygen atoms in total. The summed E-state index contributed by atoms with van der Waals surface area (Å²) in [5.41, 5.74) is 0.983. The van der Waals surface area contributed by atoms with Crippen LogP contribution in [0.2, 0.25) is 0 Å². The van der Waals surface area contributed by atoms with Gasteiger partial charge in [-0.25, -0.2) is 0 Å². The minimum Gasteiger partial charge on any atom is -0.393 e. The number of hydrogen-bond acceptors (Lipinski definition) is 3. The molecule has 0 bridgehead atoms. The van der Waals surface area contributed by atoms with E-state index in [2.05, 4.69) is 17.7 Å². The molecule has 0 aromatic carbocycles. The van der Waals surface area contributed by atoms with Crippen LogP contribution in [-0.2, 0) is 14.3 Å². The molecule has 1 aliphatic heterocycles. The summed E-state index contributed by atoms with van der Waals surface area (Å²) in [4.78, 5) is 22.3. The van der Waals surface area contributed by atoms with Crippen LogP contribution in [0.4, 0.5) is 0 Å². The van der Waals surface area contributed by atoms with Crippen molar-refractivity contribution in [3.63, 3.8) is 0 Å². The number of allylic oxidation sites excluding steroid dienone is 1. The van der Waals surface area contributed by atoms with Crippen LogP contribution in [0.1, 0.15) is 58.8 Å². The Balaban J connectivity index is 2.25. The van der Waals surface area contributed by atoms with Gasteiger partial charge in [0.05, 0.1) is 12.3 Å². The minimum absolute atomic E-state index is 0.219. The van der Waals surface area contributed by atoms with Gasteiger partial charge in [0.25, 0.3) is 0 Å². The van der Waals surface area contributed by atoms with Crippen molar-refractivity contribution in [1.29, 1.82) is 0 Å². The van der Waals surface area contributed by atoms with Gasteiger partial charge >= 0.3 is 11.9 Å². The highest BCUT2D eigenvalue weighted by molar-refractivity contribution is 5.96. The van der Waals surface area contributed by atoms with Crippen LogP contribution in [0.3, 0.4) is 0 Å². The van der Waals surface area contributed by atoms with Crippen LogP contribution in [0.15, 0.2) is 11.6 Å². The fourth-order valence-corrected chi connectivity index (χ4v) is 2.04. The molecule has 96 valence electrons. The van der Waals surface area contributed by atoms with Crippen LogP contribution < -0.4 is 0 Å². The second kappa shape index (κ2) is 7.25. The maximum Gasteiger partial charge on any atom is 0.321 e. The molecule has 1 fully saturated rings. The fourth-order valence-electron chi connectivity index (χ4n) is 2.04. The molecule has 1 unspecified atom stereocenters. The minimum atomic E-state index is -0.393. The van der Waals surface area contributed by atoms with E-state index in [0.717, 1.165) is 18.4 Å². The van der Waals surface area contributed by atoms with Crippen molar-refractivity contribution in [2.24, 2.45) is 5.92 Å². The quantitative estimate of drug-likeness (QED) is 0.295. The molecule has 1 rings (SSSR count). The third-order valence-electron chi connectivity index (χ3n) is 3.19. The monoisotopic (exact) mass is 238 g/mol. The Bertz CT molecular complexity index is 305. The summed E-state index contributed by atoms with van der Waals surface area (Å²) in [6, 6.07) is 0. The summed E-state index contributed by atoms with van der Waals surface area (Å²) in [5.74, 6) is -1.09. The second-order valence-corrected chi connectivity index (χ2v) is 4.70. The van der Waals surface area contributed by atoms with Crippen molar-refractivity contribution in [3.8, 4) is 0 Å². The number of carbonyl (C=O) groups is 2. The molecular formula is C14H22O3. The van der Waals surface area contributed by atoms with Crippen LogP contribution >= 0.6 is 0 Å². The lowest BCUT2D eigenvalue weighted by Crippen LogP contribution is -2.08. The molecule has 0 radical (unpaired) electrons. The van der Waals surface area contributed by atoms with E-state index in [0.29, 0.717) is 0 Å². The van der Waals surface area contributed by atoms with Crippen molar-refractivity contribution in [2.45, 2.75) is 58.8 Å². The first-order valence-electron chi connectivity index (χ1n) is 6.56. The molecule has 0 saturated carbocycles. The van der Waals surface area contributed by atoms with Crippen LogP contribution in [0, 0.1) is 5.92 Å². The van der Waals surface area contributed by atoms with Gasteiger partial charge in [0.2, 0.25) is 0 Å². The largest absolute Gasteiger partial charge is 0.393 e. The van der Waals surface area contributed by atoms with Gasteiger partial charge in [-0.15, -0.1) is 0 Å². The zero-order valence-electron chi connectivity index (χ0n) is 10.8. The number of cyclic esters (lactones) is 2. The first kappa shape index (κ1) is 13.9. The van der Waals surface area contributed by atoms with Crippen molar-refractivity contribution >= 4 is 11.9 Å². The van der Waals surface area contributed by atoms with Crippen molar-refractivity contribution < 1.29 is 14.3 Å². The molecule has 0 aromatic heterocycles. The Kier molecular flexibility index (Phi) is 5.95. The van der Waals surface area contributed by atoms with E-state index < -0.39 is 5.97 Å². The molecule has 0 N–H and O–H groups in total. The summed E-state index contributed by atoms with van der Waals surface area (Å²) in [6.45, 7) is 4.11. The maximum atomic E-state index is 11.3. The van der Waals surface area contributed by atoms with Crippen molar-refractivity contribution in [1.82, 2.24) is 0 Å². The van der Waals surface area contributed by atoms with Gasteiger partial charge in [-0.2, -0.15) is 0 Å². The Hall–Kier alpha value is -1.12. The molecular weight excluding hydrogens is 216 g/mol. The highest BCUT2D eigenvalue weighted by Crippen LogP contribution is 2.24. The molecule has 0 spiro atoms. The predicted octanol–water partition coefficient (Wildman–Crippen LogP) is 3.38. The Morgan fingerprint density at radius 1 is 1.29 bits per heavy atom. The topological polar surface area (TPSA) is 43.4 Å². The van der Waals surface area contributed by atoms with Gasteiger partial charge in [-0.3, -0.25) is 9.59 Å². The third kappa shape index (κ3) is 4.72. The van der Waals surface area contributed by atoms with E-state index in [4.69, 9.17) is 0 Å². The molecule has 0 amide bonds. The zero-order chi connectivity index (χ0) is 12.7. The van der Waals surface area contributed by atoms with Gasteiger partial charge in [0.15, 0.2) is 0 Å². The predicted molar refractivity (Wildman–Crippen MR) is 66.3 cm³/mol. The Morgan fingerprint density at radius 3 is 2.59 bits per heavy atom. The molecule has 0 aromatic rings. The number of rotatable bonds is 7. The summed E-state index contributed by atoms with van der Waals surface area (Å²) in [5, 5.41) is 0. The van der Waals surface area contributed by atoms with Crippen LogP contribution in [-0.4, -0.2) is 11.9 Å². The lowest BCUT2D eigenvalue weighted by Gasteiger charge is -2.04. The lowest BCUT2D eigenvalue weighted by molar-refractivity contribution is -0.152. The molecule has 1 saturated heterocycles. The van der Waals surface area contributed by atoms with Crippen molar-refractivity contribution in [3.05, 3.63) is 11.6 Å². The zero-order valence-corrected chi connectivity index (χ0v) is 10.8. The Labute approximate surface area is 103 Å². The summed E-state index contributed by atoms with van der Waals surface area (Å²) in [7, 11) is 0. The standard InChI is InChI=1S/C14H22O3/c1-3-4-5-6-7-8-9-11(2)12-10-13(15)17-14(12)16/h9,12H,3-8,10H2,1-2H3. The van der Waals surface area contributed by atoms with E-state index in [-0.39, 0.29) is 18.3 Å². The number of carbonyl (C=O) groups excluding carboxylic acids is 2. The summed E-state index contributed by atoms with van der Waals surface area (Å²) in [6.07, 6.45) is 9.53. The molecule has 1 aliphatic rings. The van der Waals surface area contributed by atoms with Gasteiger partial charge in [-0.1, -0.05) is 44.3 Å². The highest BCUT2D eigenvalue weighted by atomic mass is 16.6. The maximum absolute atomic E-state index is 11.3. The Morgan fingerprint density at radius 2 is 2.00 bits per heavy atom. The first-order chi connectivity index (χ1) is 8.15. The number of unbranched alkanes of at least 4 members (excludes halogenated alkanes) is 5. The third-order valence-corrected chi connectivity index (χ3v) is 3.19. The smallest absolute Gasteiger partial charge is 0.321 e. The normalized spacial score (nSPS) is 20.8. The molecule has 1 heterocycles. The number of ether oxygens (including phenoxy) is 1. The highest BCUT2D eigenvalue weighted by Gasteiger charge is 2.34. The van der Waals surface area contributed by atoms with Crippen molar-refractivity contribution in [2.75, 3.05) is 0 Å². The van der Waals surface area contributed by atoms with Crippen LogP contribution in [0.5, 0.6) is 0 Å². The summed E-state index contributed by atoms with van der Waals surface area (Å²) >= 11 is 0. The first-order valence-corrected chi connectivity index (χ1v) is 6.56. The molecule has 1 atom stereocenters. The van der Waals surface area contributed by atoms with Gasteiger partial charge in [0, 0.05) is 0 Å². The molecule has 3 heteroatoms. The average molecular weight is 238 g/mol. The van der Waals surface area contributed by atoms with Gasteiger partial charge < -0.3 is 4.74 Å². The average Bonchev–Trinajstić information content (AvgIpc) is 2.62. The summed E-state index contributed by atoms with van der Waals surface area (Å²) < 4.78 is 4.54. The lowest BCUT2D eigenvalue weighted by atomic mass is 9.97. The van der Waals surface area contributed by atoms with Gasteiger partial charge in [-0.05, 0) is 19.8 Å². The second-order valence-electron chi connectivity index (χ2n) is 4.70.